The van der Waals surface area contributed by atoms with Crippen LogP contribution in [0.25, 0.3) is 0 Å². The van der Waals surface area contributed by atoms with Gasteiger partial charge in [-0.15, -0.1) is 0 Å². The minimum Gasteiger partial charge on any atom is -0.396 e. The Hall–Kier alpha value is -1.82. The minimum absolute atomic E-state index is 0.0743. The Bertz CT molecular complexity index is 382. The number of carbonyl (C=O) groups excluding carboxylic acids is 1. The summed E-state index contributed by atoms with van der Waals surface area (Å²) in [7, 11) is 1.48. The van der Waals surface area contributed by atoms with Gasteiger partial charge in [0, 0.05) is 26.4 Å². The van der Waals surface area contributed by atoms with E-state index in [1.54, 1.807) is 6.20 Å². The van der Waals surface area contributed by atoms with Crippen molar-refractivity contribution in [3.63, 3.8) is 0 Å². The van der Waals surface area contributed by atoms with E-state index in [1.165, 1.54) is 7.11 Å². The van der Waals surface area contributed by atoms with Crippen molar-refractivity contribution in [3.05, 3.63) is 17.8 Å². The highest BCUT2D eigenvalue weighted by Crippen LogP contribution is 2.14. The third kappa shape index (κ3) is 4.69. The molecule has 0 atom stereocenters. The fourth-order valence-corrected chi connectivity index (χ4v) is 1.30. The maximum Gasteiger partial charge on any atom is 0.246 e. The lowest BCUT2D eigenvalue weighted by molar-refractivity contribution is -0.124. The van der Waals surface area contributed by atoms with Crippen LogP contribution in [0.1, 0.15) is 5.56 Å². The number of nitrogen functional groups attached to an aromatic ring is 1. The van der Waals surface area contributed by atoms with Crippen LogP contribution < -0.4 is 16.4 Å². The minimum atomic E-state index is -0.140. The van der Waals surface area contributed by atoms with Crippen molar-refractivity contribution >= 4 is 17.4 Å². The Morgan fingerprint density at radius 2 is 2.29 bits per heavy atom. The SMILES string of the molecule is COCC(=O)NCCNc1ncc(C)cc1N. The standard InChI is InChI=1S/C11H18N4O2/c1-8-5-9(12)11(15-6-8)14-4-3-13-10(16)7-17-2/h5-6H,3-4,7,12H2,1-2H3,(H,13,16)(H,14,15). The number of aryl methyl sites for hydroxylation is 1. The van der Waals surface area contributed by atoms with Crippen LogP contribution in [-0.4, -0.2) is 37.7 Å². The molecule has 1 amide bonds. The number of ether oxygens (including phenoxy) is 1. The average Bonchev–Trinajstić information content (AvgIpc) is 2.27. The summed E-state index contributed by atoms with van der Waals surface area (Å²) in [4.78, 5) is 15.2. The van der Waals surface area contributed by atoms with Gasteiger partial charge in [-0.25, -0.2) is 4.98 Å². The first-order valence-electron chi connectivity index (χ1n) is 5.35. The smallest absolute Gasteiger partial charge is 0.246 e. The van der Waals surface area contributed by atoms with Gasteiger partial charge in [-0.05, 0) is 18.6 Å². The first-order valence-corrected chi connectivity index (χ1v) is 5.35. The molecule has 6 nitrogen and oxygen atoms in total. The Labute approximate surface area is 101 Å². The molecule has 17 heavy (non-hydrogen) atoms. The lowest BCUT2D eigenvalue weighted by Gasteiger charge is -2.09. The van der Waals surface area contributed by atoms with E-state index < -0.39 is 0 Å². The number of anilines is 2. The second-order valence-electron chi connectivity index (χ2n) is 3.66. The lowest BCUT2D eigenvalue weighted by atomic mass is 10.3. The number of amides is 1. The zero-order chi connectivity index (χ0) is 12.7. The number of pyridine rings is 1. The summed E-state index contributed by atoms with van der Waals surface area (Å²) < 4.78 is 4.69. The Balaban J connectivity index is 2.29. The topological polar surface area (TPSA) is 89.3 Å². The van der Waals surface area contributed by atoms with E-state index in [0.29, 0.717) is 24.6 Å². The third-order valence-electron chi connectivity index (χ3n) is 2.07. The van der Waals surface area contributed by atoms with E-state index in [9.17, 15) is 4.79 Å². The maximum absolute atomic E-state index is 11.1. The van der Waals surface area contributed by atoms with Gasteiger partial charge in [-0.2, -0.15) is 0 Å². The van der Waals surface area contributed by atoms with Gasteiger partial charge in [0.15, 0.2) is 0 Å². The molecule has 0 aliphatic carbocycles. The van der Waals surface area contributed by atoms with E-state index in [2.05, 4.69) is 20.4 Å². The molecule has 0 spiro atoms. The Morgan fingerprint density at radius 1 is 1.53 bits per heavy atom. The molecular formula is C11H18N4O2. The Morgan fingerprint density at radius 3 is 2.94 bits per heavy atom. The van der Waals surface area contributed by atoms with Crippen molar-refractivity contribution in [3.8, 4) is 0 Å². The molecule has 1 rings (SSSR count). The second-order valence-corrected chi connectivity index (χ2v) is 3.66. The van der Waals surface area contributed by atoms with E-state index in [0.717, 1.165) is 5.56 Å². The molecule has 0 bridgehead atoms. The number of nitrogens with zero attached hydrogens (tertiary/aromatic N) is 1. The lowest BCUT2D eigenvalue weighted by Crippen LogP contribution is -2.31. The van der Waals surface area contributed by atoms with Crippen molar-refractivity contribution in [1.29, 1.82) is 0 Å². The largest absolute Gasteiger partial charge is 0.396 e. The van der Waals surface area contributed by atoms with Crippen molar-refractivity contribution in [2.24, 2.45) is 0 Å². The average molecular weight is 238 g/mol. The van der Waals surface area contributed by atoms with Crippen LogP contribution in [0.2, 0.25) is 0 Å². The number of nitrogens with one attached hydrogen (secondary N) is 2. The number of hydrogen-bond donors (Lipinski definition) is 3. The molecule has 0 radical (unpaired) electrons. The predicted molar refractivity (Wildman–Crippen MR) is 66.8 cm³/mol. The van der Waals surface area contributed by atoms with Crippen molar-refractivity contribution in [2.45, 2.75) is 6.92 Å². The van der Waals surface area contributed by atoms with Crippen molar-refractivity contribution in [1.82, 2.24) is 10.3 Å². The number of methoxy groups -OCH3 is 1. The third-order valence-corrected chi connectivity index (χ3v) is 2.07. The Kier molecular flexibility index (Phi) is 5.22. The van der Waals surface area contributed by atoms with Crippen LogP contribution >= 0.6 is 0 Å². The number of carbonyl (C=O) groups is 1. The summed E-state index contributed by atoms with van der Waals surface area (Å²) in [5, 5.41) is 5.74. The molecule has 94 valence electrons. The van der Waals surface area contributed by atoms with Gasteiger partial charge < -0.3 is 21.1 Å². The summed E-state index contributed by atoms with van der Waals surface area (Å²) in [6, 6.07) is 1.85. The molecule has 1 aromatic rings. The van der Waals surface area contributed by atoms with E-state index in [4.69, 9.17) is 5.73 Å². The van der Waals surface area contributed by atoms with Gasteiger partial charge in [0.2, 0.25) is 5.91 Å². The summed E-state index contributed by atoms with van der Waals surface area (Å²) >= 11 is 0. The van der Waals surface area contributed by atoms with Crippen LogP contribution in [0.4, 0.5) is 11.5 Å². The van der Waals surface area contributed by atoms with Crippen LogP contribution in [0.5, 0.6) is 0 Å². The molecule has 0 aliphatic rings. The normalized spacial score (nSPS) is 10.0. The highest BCUT2D eigenvalue weighted by atomic mass is 16.5. The van der Waals surface area contributed by atoms with Gasteiger partial charge in [-0.3, -0.25) is 4.79 Å². The van der Waals surface area contributed by atoms with Crippen molar-refractivity contribution in [2.75, 3.05) is 37.9 Å². The summed E-state index contributed by atoms with van der Waals surface area (Å²) in [6.07, 6.45) is 1.74. The predicted octanol–water partition coefficient (Wildman–Crippen LogP) is 0.147. The quantitative estimate of drug-likeness (QED) is 0.614. The first-order chi connectivity index (χ1) is 8.13. The fraction of sp³-hybridized carbons (Fsp3) is 0.455. The summed E-state index contributed by atoms with van der Waals surface area (Å²) in [5.74, 6) is 0.496. The highest BCUT2D eigenvalue weighted by Gasteiger charge is 2.01. The van der Waals surface area contributed by atoms with Gasteiger partial charge >= 0.3 is 0 Å². The zero-order valence-electron chi connectivity index (χ0n) is 10.1. The molecule has 0 unspecified atom stereocenters. The number of hydrogen-bond acceptors (Lipinski definition) is 5. The van der Waals surface area contributed by atoms with Gasteiger partial charge in [0.05, 0.1) is 5.69 Å². The second kappa shape index (κ2) is 6.70. The zero-order valence-corrected chi connectivity index (χ0v) is 10.1. The molecule has 1 aromatic heterocycles. The molecule has 4 N–H and O–H groups in total. The maximum atomic E-state index is 11.1. The van der Waals surface area contributed by atoms with Crippen LogP contribution in [0.3, 0.4) is 0 Å². The molecule has 0 saturated carbocycles. The number of nitrogens with two attached hydrogens (primary N) is 1. The number of rotatable bonds is 6. The summed E-state index contributed by atoms with van der Waals surface area (Å²) in [5.41, 5.74) is 7.40. The van der Waals surface area contributed by atoms with E-state index in [-0.39, 0.29) is 12.5 Å². The summed E-state index contributed by atoms with van der Waals surface area (Å²) in [6.45, 7) is 3.07. The van der Waals surface area contributed by atoms with E-state index >= 15 is 0 Å². The molecular weight excluding hydrogens is 220 g/mol. The van der Waals surface area contributed by atoms with Gasteiger partial charge in [-0.1, -0.05) is 0 Å². The van der Waals surface area contributed by atoms with Crippen LogP contribution in [-0.2, 0) is 9.53 Å². The monoisotopic (exact) mass is 238 g/mol. The van der Waals surface area contributed by atoms with Crippen molar-refractivity contribution < 1.29 is 9.53 Å². The molecule has 0 saturated heterocycles. The molecule has 0 aromatic carbocycles. The molecule has 6 heteroatoms. The van der Waals surface area contributed by atoms with E-state index in [1.807, 2.05) is 13.0 Å². The highest BCUT2D eigenvalue weighted by molar-refractivity contribution is 5.77. The first kappa shape index (κ1) is 13.2. The number of aromatic nitrogens is 1. The van der Waals surface area contributed by atoms with Gasteiger partial charge in [0.1, 0.15) is 12.4 Å². The molecule has 0 aliphatic heterocycles. The fourth-order valence-electron chi connectivity index (χ4n) is 1.30. The van der Waals surface area contributed by atoms with Crippen LogP contribution in [0.15, 0.2) is 12.3 Å². The van der Waals surface area contributed by atoms with Gasteiger partial charge in [0.25, 0.3) is 0 Å². The molecule has 0 fully saturated rings. The molecule has 1 heterocycles. The van der Waals surface area contributed by atoms with Crippen LogP contribution in [0, 0.1) is 6.92 Å².